The number of nitrogens with zero attached hydrogens (tertiary/aromatic N) is 2. The molecule has 1 atom stereocenters. The van der Waals surface area contributed by atoms with E-state index in [0.29, 0.717) is 11.8 Å². The van der Waals surface area contributed by atoms with E-state index in [0.717, 1.165) is 42.6 Å². The molecule has 0 spiro atoms. The largest absolute Gasteiger partial charge is 0.444 e. The fraction of sp³-hybridized carbons (Fsp3) is 0.526. The Balaban J connectivity index is 1.49. The summed E-state index contributed by atoms with van der Waals surface area (Å²) in [7, 11) is 0. The number of nitrogens with one attached hydrogen (secondary N) is 1. The Morgan fingerprint density at radius 2 is 2.08 bits per heavy atom. The van der Waals surface area contributed by atoms with E-state index in [-0.39, 0.29) is 12.1 Å². The summed E-state index contributed by atoms with van der Waals surface area (Å²) in [5.74, 6) is 1.88. The Bertz CT molecular complexity index is 802. The maximum atomic E-state index is 12.0. The monoisotopic (exact) mass is 341 g/mol. The molecule has 1 amide bonds. The number of carbonyl (C=O) groups excluding carboxylic acids is 1. The summed E-state index contributed by atoms with van der Waals surface area (Å²) in [4.78, 5) is 16.5. The van der Waals surface area contributed by atoms with Crippen LogP contribution < -0.4 is 5.32 Å². The lowest BCUT2D eigenvalue weighted by Gasteiger charge is -2.22. The van der Waals surface area contributed by atoms with Crippen LogP contribution in [0.5, 0.6) is 0 Å². The fourth-order valence-corrected chi connectivity index (χ4v) is 3.21. The second kappa shape index (κ2) is 5.86. The topological polar surface area (TPSA) is 77.2 Å². The molecule has 0 radical (unpaired) electrons. The van der Waals surface area contributed by atoms with Crippen molar-refractivity contribution in [3.05, 3.63) is 35.2 Å². The summed E-state index contributed by atoms with van der Waals surface area (Å²) in [5, 5.41) is 7.04. The average Bonchev–Trinajstić information content (AvgIpc) is 3.13. The van der Waals surface area contributed by atoms with Crippen LogP contribution in [0.3, 0.4) is 0 Å². The van der Waals surface area contributed by atoms with Gasteiger partial charge in [-0.15, -0.1) is 0 Å². The minimum atomic E-state index is -0.493. The smallest absolute Gasteiger partial charge is 0.408 e. The summed E-state index contributed by atoms with van der Waals surface area (Å²) in [6.07, 6.45) is 3.71. The molecular weight excluding hydrogens is 318 g/mol. The number of hydrogen-bond donors (Lipinski definition) is 1. The van der Waals surface area contributed by atoms with Crippen molar-refractivity contribution in [3.63, 3.8) is 0 Å². The minimum Gasteiger partial charge on any atom is -0.444 e. The second-order valence-electron chi connectivity index (χ2n) is 7.88. The van der Waals surface area contributed by atoms with Crippen molar-refractivity contribution < 1.29 is 14.1 Å². The third-order valence-corrected chi connectivity index (χ3v) is 4.54. The number of aryl methyl sites for hydroxylation is 1. The molecule has 25 heavy (non-hydrogen) atoms. The van der Waals surface area contributed by atoms with Gasteiger partial charge in [0, 0.05) is 11.5 Å². The summed E-state index contributed by atoms with van der Waals surface area (Å²) in [6.45, 7) is 5.59. The van der Waals surface area contributed by atoms with Crippen molar-refractivity contribution >= 4 is 6.09 Å². The van der Waals surface area contributed by atoms with Crippen molar-refractivity contribution in [2.24, 2.45) is 0 Å². The van der Waals surface area contributed by atoms with Crippen LogP contribution in [0, 0.1) is 0 Å². The third-order valence-electron chi connectivity index (χ3n) is 4.54. The Kier molecular flexibility index (Phi) is 3.78. The van der Waals surface area contributed by atoms with Gasteiger partial charge in [-0.25, -0.2) is 4.79 Å². The minimum absolute atomic E-state index is 0.0105. The van der Waals surface area contributed by atoms with Gasteiger partial charge in [0.05, 0.1) is 6.04 Å². The lowest BCUT2D eigenvalue weighted by molar-refractivity contribution is 0.0503. The lowest BCUT2D eigenvalue weighted by Crippen LogP contribution is -2.34. The third kappa shape index (κ3) is 3.52. The molecule has 2 aliphatic carbocycles. The van der Waals surface area contributed by atoms with Crippen molar-refractivity contribution in [2.45, 2.75) is 64.0 Å². The molecule has 6 heteroatoms. The highest BCUT2D eigenvalue weighted by molar-refractivity contribution is 5.69. The first-order valence-electron chi connectivity index (χ1n) is 8.85. The van der Waals surface area contributed by atoms with Crippen LogP contribution in [0.4, 0.5) is 4.79 Å². The quantitative estimate of drug-likeness (QED) is 0.908. The van der Waals surface area contributed by atoms with E-state index in [9.17, 15) is 4.79 Å². The zero-order valence-electron chi connectivity index (χ0n) is 14.8. The lowest BCUT2D eigenvalue weighted by atomic mass is 10.0. The van der Waals surface area contributed by atoms with E-state index >= 15 is 0 Å². The molecule has 1 aromatic heterocycles. The number of benzene rings is 1. The van der Waals surface area contributed by atoms with Crippen LogP contribution in [-0.2, 0) is 11.2 Å². The Morgan fingerprint density at radius 1 is 1.28 bits per heavy atom. The van der Waals surface area contributed by atoms with Gasteiger partial charge in [-0.3, -0.25) is 0 Å². The van der Waals surface area contributed by atoms with Crippen molar-refractivity contribution in [1.29, 1.82) is 0 Å². The molecule has 0 unspecified atom stereocenters. The first-order valence-corrected chi connectivity index (χ1v) is 8.85. The van der Waals surface area contributed by atoms with Gasteiger partial charge < -0.3 is 14.6 Å². The second-order valence-corrected chi connectivity index (χ2v) is 7.88. The molecule has 1 aromatic carbocycles. The standard InChI is InChI=1S/C19H23N3O3/c1-19(2,3)24-18(23)20-15-9-7-12-10-13(6-8-14(12)15)17-21-16(22-25-17)11-4-5-11/h6,8,10-11,15H,4-5,7,9H2,1-3H3,(H,20,23)/t15-/m1/s1. The number of hydrogen-bond acceptors (Lipinski definition) is 5. The maximum absolute atomic E-state index is 12.0. The van der Waals surface area contributed by atoms with Gasteiger partial charge in [-0.1, -0.05) is 11.2 Å². The van der Waals surface area contributed by atoms with Crippen LogP contribution >= 0.6 is 0 Å². The predicted octanol–water partition coefficient (Wildman–Crippen LogP) is 4.13. The van der Waals surface area contributed by atoms with Crippen LogP contribution in [0.25, 0.3) is 11.5 Å². The van der Waals surface area contributed by atoms with Gasteiger partial charge in [0.15, 0.2) is 5.82 Å². The number of fused-ring (bicyclic) bond motifs is 1. The molecule has 0 saturated heterocycles. The molecule has 4 rings (SSSR count). The number of amides is 1. The van der Waals surface area contributed by atoms with Crippen LogP contribution in [0.15, 0.2) is 22.7 Å². The maximum Gasteiger partial charge on any atom is 0.408 e. The number of aromatic nitrogens is 2. The van der Waals surface area contributed by atoms with Gasteiger partial charge in [-0.2, -0.15) is 4.98 Å². The van der Waals surface area contributed by atoms with E-state index in [1.54, 1.807) is 0 Å². The van der Waals surface area contributed by atoms with Crippen LogP contribution in [0.1, 0.15) is 68.9 Å². The van der Waals surface area contributed by atoms with Gasteiger partial charge in [0.25, 0.3) is 5.89 Å². The molecule has 1 saturated carbocycles. The Hall–Kier alpha value is -2.37. The fourth-order valence-electron chi connectivity index (χ4n) is 3.21. The molecule has 6 nitrogen and oxygen atoms in total. The molecule has 132 valence electrons. The van der Waals surface area contributed by atoms with Gasteiger partial charge >= 0.3 is 6.09 Å². The molecule has 0 aliphatic heterocycles. The zero-order valence-corrected chi connectivity index (χ0v) is 14.8. The molecule has 0 bridgehead atoms. The highest BCUT2D eigenvalue weighted by Gasteiger charge is 2.30. The Labute approximate surface area is 147 Å². The van der Waals surface area contributed by atoms with E-state index in [1.807, 2.05) is 32.9 Å². The Morgan fingerprint density at radius 3 is 2.80 bits per heavy atom. The number of alkyl carbamates (subject to hydrolysis) is 1. The number of rotatable bonds is 3. The molecular formula is C19H23N3O3. The van der Waals surface area contributed by atoms with Gasteiger partial charge in [0.2, 0.25) is 0 Å². The highest BCUT2D eigenvalue weighted by atomic mass is 16.6. The summed E-state index contributed by atoms with van der Waals surface area (Å²) < 4.78 is 10.8. The van der Waals surface area contributed by atoms with Crippen LogP contribution in [-0.4, -0.2) is 21.8 Å². The average molecular weight is 341 g/mol. The number of ether oxygens (including phenoxy) is 1. The van der Waals surface area contributed by atoms with Crippen molar-refractivity contribution in [3.8, 4) is 11.5 Å². The predicted molar refractivity (Wildman–Crippen MR) is 92.1 cm³/mol. The number of carbonyl (C=O) groups is 1. The van der Waals surface area contributed by atoms with Crippen LogP contribution in [0.2, 0.25) is 0 Å². The molecule has 1 N–H and O–H groups in total. The zero-order chi connectivity index (χ0) is 17.6. The summed E-state index contributed by atoms with van der Waals surface area (Å²) in [5.41, 5.74) is 2.80. The molecule has 1 fully saturated rings. The summed E-state index contributed by atoms with van der Waals surface area (Å²) >= 11 is 0. The van der Waals surface area contributed by atoms with E-state index in [1.165, 1.54) is 5.56 Å². The normalized spacial score (nSPS) is 19.6. The SMILES string of the molecule is CC(C)(C)OC(=O)N[C@@H]1CCc2cc(-c3nc(C4CC4)no3)ccc21. The van der Waals surface area contributed by atoms with Gasteiger partial charge in [0.1, 0.15) is 5.60 Å². The summed E-state index contributed by atoms with van der Waals surface area (Å²) in [6, 6.07) is 6.11. The van der Waals surface area contributed by atoms with Crippen molar-refractivity contribution in [1.82, 2.24) is 15.5 Å². The van der Waals surface area contributed by atoms with E-state index in [4.69, 9.17) is 9.26 Å². The van der Waals surface area contributed by atoms with Gasteiger partial charge in [-0.05, 0) is 69.7 Å². The first-order chi connectivity index (χ1) is 11.9. The molecule has 1 heterocycles. The van der Waals surface area contributed by atoms with E-state index in [2.05, 4.69) is 21.5 Å². The first kappa shape index (κ1) is 16.1. The molecule has 2 aromatic rings. The molecule has 2 aliphatic rings. The van der Waals surface area contributed by atoms with E-state index < -0.39 is 5.60 Å². The highest BCUT2D eigenvalue weighted by Crippen LogP contribution is 2.39. The van der Waals surface area contributed by atoms with Crippen molar-refractivity contribution in [2.75, 3.05) is 0 Å².